The molecule has 31 heavy (non-hydrogen) atoms. The van der Waals surface area contributed by atoms with Crippen molar-refractivity contribution in [2.45, 2.75) is 118 Å². The Morgan fingerprint density at radius 1 is 0.613 bits per heavy atom. The molecule has 0 aromatic carbocycles. The van der Waals surface area contributed by atoms with Gasteiger partial charge in [0, 0.05) is 25.9 Å². The Hall–Kier alpha value is 0.628. The molecule has 1 unspecified atom stereocenters. The molecule has 0 saturated carbocycles. The van der Waals surface area contributed by atoms with E-state index in [0.29, 0.717) is 25.9 Å². The predicted octanol–water partition coefficient (Wildman–Crippen LogP) is 6.66. The van der Waals surface area contributed by atoms with Crippen LogP contribution in [0, 0.1) is 0 Å². The van der Waals surface area contributed by atoms with E-state index in [1.54, 1.807) is 0 Å². The highest BCUT2D eigenvalue weighted by atomic mass is 28.5. The minimum Gasteiger partial charge on any atom is -0.436 e. The predicted molar refractivity (Wildman–Crippen MR) is 140 cm³/mol. The highest BCUT2D eigenvalue weighted by Crippen LogP contribution is 2.41. The lowest BCUT2D eigenvalue weighted by Crippen LogP contribution is -2.59. The first-order chi connectivity index (χ1) is 13.8. The van der Waals surface area contributed by atoms with Gasteiger partial charge in [-0.2, -0.15) is 0 Å². The van der Waals surface area contributed by atoms with E-state index in [2.05, 4.69) is 74.3 Å². The van der Waals surface area contributed by atoms with E-state index in [4.69, 9.17) is 25.9 Å². The van der Waals surface area contributed by atoms with Gasteiger partial charge in [-0.25, -0.2) is 0 Å². The first-order valence-electron chi connectivity index (χ1n) is 11.8. The maximum Gasteiger partial charge on any atom is 0.500 e. The molecule has 0 aliphatic rings. The van der Waals surface area contributed by atoms with Gasteiger partial charge >= 0.3 is 25.9 Å². The lowest BCUT2D eigenvalue weighted by molar-refractivity contribution is 0.0708. The first kappa shape index (κ1) is 31.6. The zero-order valence-corrected chi connectivity index (χ0v) is 27.0. The molecular formula is C21H52O6Si4. The summed E-state index contributed by atoms with van der Waals surface area (Å²) in [5.74, 6) is 0. The molecule has 10 heteroatoms. The maximum absolute atomic E-state index is 7.04. The van der Waals surface area contributed by atoms with Crippen LogP contribution in [0.25, 0.3) is 0 Å². The highest BCUT2D eigenvalue weighted by Gasteiger charge is 2.51. The van der Waals surface area contributed by atoms with Gasteiger partial charge in [0.1, 0.15) is 0 Å². The summed E-state index contributed by atoms with van der Waals surface area (Å²) in [6.07, 6.45) is 0. The fourth-order valence-corrected chi connectivity index (χ4v) is 21.2. The average molecular weight is 513 g/mol. The van der Waals surface area contributed by atoms with Crippen LogP contribution in [0.4, 0.5) is 0 Å². The molecule has 0 aliphatic carbocycles. The molecule has 188 valence electrons. The van der Waals surface area contributed by atoms with Gasteiger partial charge in [0.05, 0.1) is 5.60 Å². The van der Waals surface area contributed by atoms with Crippen molar-refractivity contribution in [2.75, 3.05) is 19.8 Å². The van der Waals surface area contributed by atoms with Gasteiger partial charge in [0.2, 0.25) is 0 Å². The number of rotatable bonds is 14. The van der Waals surface area contributed by atoms with Crippen LogP contribution in [-0.4, -0.2) is 59.7 Å². The molecule has 0 aromatic rings. The minimum atomic E-state index is -2.78. The third-order valence-corrected chi connectivity index (χ3v) is 22.2. The van der Waals surface area contributed by atoms with Crippen LogP contribution in [0.5, 0.6) is 0 Å². The van der Waals surface area contributed by atoms with Gasteiger partial charge in [-0.1, -0.05) is 20.8 Å². The summed E-state index contributed by atoms with van der Waals surface area (Å²) in [6, 6.07) is 1.45. The first-order valence-corrected chi connectivity index (χ1v) is 22.0. The second-order valence-corrected chi connectivity index (χ2v) is 25.9. The van der Waals surface area contributed by atoms with Crippen molar-refractivity contribution in [3.8, 4) is 0 Å². The number of hydrogen-bond donors (Lipinski definition) is 0. The van der Waals surface area contributed by atoms with E-state index in [0.717, 1.165) is 6.04 Å². The molecule has 0 N–H and O–H groups in total. The van der Waals surface area contributed by atoms with E-state index in [9.17, 15) is 0 Å². The summed E-state index contributed by atoms with van der Waals surface area (Å²) >= 11 is 0. The van der Waals surface area contributed by atoms with E-state index in [-0.39, 0.29) is 10.6 Å². The Kier molecular flexibility index (Phi) is 12.1. The van der Waals surface area contributed by atoms with Crippen molar-refractivity contribution in [1.82, 2.24) is 0 Å². The molecule has 0 amide bonds. The van der Waals surface area contributed by atoms with Gasteiger partial charge in [-0.15, -0.1) is 0 Å². The molecular weight excluding hydrogens is 461 g/mol. The zero-order chi connectivity index (χ0) is 24.8. The summed E-state index contributed by atoms with van der Waals surface area (Å²) in [5.41, 5.74) is -0.261. The molecule has 0 bridgehead atoms. The van der Waals surface area contributed by atoms with Gasteiger partial charge < -0.3 is 25.9 Å². The highest BCUT2D eigenvalue weighted by molar-refractivity contribution is 6.88. The maximum atomic E-state index is 7.04. The van der Waals surface area contributed by atoms with Crippen molar-refractivity contribution in [1.29, 1.82) is 0 Å². The molecule has 0 saturated heterocycles. The summed E-state index contributed by atoms with van der Waals surface area (Å²) in [7, 11) is -9.90. The summed E-state index contributed by atoms with van der Waals surface area (Å²) in [5, 5.41) is 0.0927. The van der Waals surface area contributed by atoms with Crippen molar-refractivity contribution < 1.29 is 25.9 Å². The van der Waals surface area contributed by atoms with Gasteiger partial charge in [0.15, 0.2) is 8.32 Å². The molecule has 0 aromatic heterocycles. The molecule has 0 spiro atoms. The van der Waals surface area contributed by atoms with Crippen molar-refractivity contribution in [3.05, 3.63) is 0 Å². The topological polar surface area (TPSA) is 55.4 Å². The normalized spacial score (nSPS) is 16.5. The van der Waals surface area contributed by atoms with Crippen molar-refractivity contribution in [2.24, 2.45) is 0 Å². The molecule has 1 atom stereocenters. The SMILES string of the molecule is CCO[Si](CC[Si](C)(O[Si](C)(C)OC(C)(C)C)O[Si](C)(C)C(C)(C)C)(OCC)OCC. The Labute approximate surface area is 197 Å². The lowest BCUT2D eigenvalue weighted by atomic mass is 10.2. The summed E-state index contributed by atoms with van der Waals surface area (Å²) < 4.78 is 38.7. The lowest BCUT2D eigenvalue weighted by Gasteiger charge is -2.46. The Bertz CT molecular complexity index is 514. The van der Waals surface area contributed by atoms with E-state index in [1.165, 1.54) is 0 Å². The van der Waals surface area contributed by atoms with Gasteiger partial charge in [0.25, 0.3) is 0 Å². The standard InChI is InChI=1S/C21H52O6Si4/c1-15-22-31(23-16-2,24-17-3)19-18-30(14,26-28(10,11)21(7,8)9)27-29(12,13)25-20(4,5)6/h15-19H2,1-14H3. The molecule has 0 aliphatic heterocycles. The van der Waals surface area contributed by atoms with Gasteiger partial charge in [-0.3, -0.25) is 0 Å². The fraction of sp³-hybridized carbons (Fsp3) is 1.00. The van der Waals surface area contributed by atoms with Crippen LogP contribution < -0.4 is 0 Å². The van der Waals surface area contributed by atoms with Crippen LogP contribution >= 0.6 is 0 Å². The molecule has 0 fully saturated rings. The van der Waals surface area contributed by atoms with E-state index < -0.39 is 34.2 Å². The van der Waals surface area contributed by atoms with E-state index in [1.807, 2.05) is 20.8 Å². The monoisotopic (exact) mass is 512 g/mol. The molecule has 0 heterocycles. The fourth-order valence-electron chi connectivity index (χ4n) is 3.48. The average Bonchev–Trinajstić information content (AvgIpc) is 2.49. The third kappa shape index (κ3) is 11.5. The van der Waals surface area contributed by atoms with Crippen LogP contribution in [0.15, 0.2) is 0 Å². The van der Waals surface area contributed by atoms with Crippen molar-refractivity contribution in [3.63, 3.8) is 0 Å². The minimum absolute atomic E-state index is 0.0927. The third-order valence-electron chi connectivity index (χ3n) is 5.27. The summed E-state index contributed by atoms with van der Waals surface area (Å²) in [4.78, 5) is 0. The zero-order valence-electron chi connectivity index (χ0n) is 23.0. The molecule has 0 radical (unpaired) electrons. The van der Waals surface area contributed by atoms with E-state index >= 15 is 0 Å². The van der Waals surface area contributed by atoms with Crippen LogP contribution in [0.1, 0.15) is 62.3 Å². The second-order valence-electron chi connectivity index (χ2n) is 11.2. The summed E-state index contributed by atoms with van der Waals surface area (Å²) in [6.45, 7) is 31.7. The number of hydrogen-bond acceptors (Lipinski definition) is 6. The molecule has 0 rings (SSSR count). The molecule has 6 nitrogen and oxygen atoms in total. The van der Waals surface area contributed by atoms with Crippen LogP contribution in [-0.2, 0) is 25.9 Å². The van der Waals surface area contributed by atoms with Crippen molar-refractivity contribution >= 4 is 34.2 Å². The smallest absolute Gasteiger partial charge is 0.436 e. The quantitative estimate of drug-likeness (QED) is 0.242. The van der Waals surface area contributed by atoms with Crippen LogP contribution in [0.2, 0.25) is 49.9 Å². The van der Waals surface area contributed by atoms with Crippen LogP contribution in [0.3, 0.4) is 0 Å². The Morgan fingerprint density at radius 2 is 1.03 bits per heavy atom. The van der Waals surface area contributed by atoms with Gasteiger partial charge in [-0.05, 0) is 85.4 Å². The Morgan fingerprint density at radius 3 is 1.35 bits per heavy atom. The Balaban J connectivity index is 5.95. The second kappa shape index (κ2) is 11.9. The largest absolute Gasteiger partial charge is 0.500 e.